The summed E-state index contributed by atoms with van der Waals surface area (Å²) in [4.78, 5) is 19.8. The summed E-state index contributed by atoms with van der Waals surface area (Å²) in [6.07, 6.45) is 0.896. The maximum Gasteiger partial charge on any atom is 0.333 e. The van der Waals surface area contributed by atoms with E-state index >= 15 is 0 Å². The van der Waals surface area contributed by atoms with Gasteiger partial charge in [-0.25, -0.2) is 4.98 Å². The van der Waals surface area contributed by atoms with E-state index in [4.69, 9.17) is 4.74 Å². The molecule has 1 saturated heterocycles. The minimum atomic E-state index is -0.370. The van der Waals surface area contributed by atoms with Crippen LogP contribution < -0.4 is 14.5 Å². The third-order valence-corrected chi connectivity index (χ3v) is 4.87. The Morgan fingerprint density at radius 1 is 1.25 bits per heavy atom. The Morgan fingerprint density at radius 3 is 2.67 bits per heavy atom. The summed E-state index contributed by atoms with van der Waals surface area (Å²) in [5, 5.41) is 12.4. The van der Waals surface area contributed by atoms with E-state index in [1.807, 2.05) is 6.92 Å². The number of ether oxygens (including phenoxy) is 1. The molecule has 24 heavy (non-hydrogen) atoms. The number of anilines is 2. The van der Waals surface area contributed by atoms with Crippen molar-refractivity contribution in [3.63, 3.8) is 0 Å². The number of nitrogens with zero attached hydrogens (tertiary/aromatic N) is 5. The zero-order valence-corrected chi connectivity index (χ0v) is 14.5. The fraction of sp³-hybridized carbons (Fsp3) is 0.467. The lowest BCUT2D eigenvalue weighted by molar-refractivity contribution is -0.385. The Bertz CT molecular complexity index is 736. The van der Waals surface area contributed by atoms with E-state index in [1.54, 1.807) is 18.2 Å². The first-order valence-corrected chi connectivity index (χ1v) is 8.49. The molecule has 1 aromatic heterocycles. The lowest BCUT2D eigenvalue weighted by Crippen LogP contribution is -2.31. The summed E-state index contributed by atoms with van der Waals surface area (Å²) < 4.78 is 9.40. The number of para-hydroxylation sites is 1. The van der Waals surface area contributed by atoms with Gasteiger partial charge in [-0.05, 0) is 25.5 Å². The van der Waals surface area contributed by atoms with E-state index in [0.717, 1.165) is 37.0 Å². The van der Waals surface area contributed by atoms with Crippen molar-refractivity contribution < 1.29 is 9.66 Å². The Morgan fingerprint density at radius 2 is 2.00 bits per heavy atom. The zero-order valence-electron chi connectivity index (χ0n) is 13.6. The van der Waals surface area contributed by atoms with Crippen molar-refractivity contribution in [2.45, 2.75) is 13.3 Å². The molecule has 0 aliphatic carbocycles. The number of benzene rings is 1. The highest BCUT2D eigenvalue weighted by atomic mass is 32.1. The Hall–Kier alpha value is -2.42. The van der Waals surface area contributed by atoms with Crippen LogP contribution >= 0.6 is 11.5 Å². The minimum Gasteiger partial charge on any atom is -0.490 e. The van der Waals surface area contributed by atoms with E-state index in [1.165, 1.54) is 18.6 Å². The fourth-order valence-corrected chi connectivity index (χ4v) is 3.60. The molecule has 128 valence electrons. The van der Waals surface area contributed by atoms with Gasteiger partial charge in [0, 0.05) is 37.7 Å². The van der Waals surface area contributed by atoms with Crippen molar-refractivity contribution in [1.29, 1.82) is 0 Å². The molecule has 0 unspecified atom stereocenters. The highest BCUT2D eigenvalue weighted by Crippen LogP contribution is 2.37. The van der Waals surface area contributed by atoms with Crippen LogP contribution in [0.25, 0.3) is 0 Å². The average Bonchev–Trinajstić information content (AvgIpc) is 2.86. The first-order chi connectivity index (χ1) is 11.6. The quantitative estimate of drug-likeness (QED) is 0.619. The highest BCUT2D eigenvalue weighted by Gasteiger charge is 2.26. The van der Waals surface area contributed by atoms with Crippen LogP contribution in [0, 0.1) is 17.0 Å². The molecule has 0 amide bonds. The second-order valence-corrected chi connectivity index (χ2v) is 6.27. The van der Waals surface area contributed by atoms with Crippen LogP contribution in [-0.2, 0) is 0 Å². The largest absolute Gasteiger partial charge is 0.490 e. The number of rotatable bonds is 4. The summed E-state index contributed by atoms with van der Waals surface area (Å²) in [6.45, 7) is 4.94. The van der Waals surface area contributed by atoms with Gasteiger partial charge in [0.25, 0.3) is 0 Å². The molecule has 0 spiro atoms. The van der Waals surface area contributed by atoms with Crippen LogP contribution in [-0.4, -0.2) is 47.6 Å². The van der Waals surface area contributed by atoms with E-state index in [0.29, 0.717) is 18.0 Å². The zero-order chi connectivity index (χ0) is 17.1. The van der Waals surface area contributed by atoms with E-state index in [2.05, 4.69) is 19.2 Å². The summed E-state index contributed by atoms with van der Waals surface area (Å²) in [6, 6.07) is 5.19. The van der Waals surface area contributed by atoms with Crippen molar-refractivity contribution in [3.05, 3.63) is 34.1 Å². The summed E-state index contributed by atoms with van der Waals surface area (Å²) in [5.74, 6) is 1.07. The van der Waals surface area contributed by atoms with Crippen molar-refractivity contribution in [2.75, 3.05) is 43.1 Å². The third kappa shape index (κ3) is 3.25. The van der Waals surface area contributed by atoms with Gasteiger partial charge in [0.05, 0.1) is 12.0 Å². The number of hydrogen-bond acceptors (Lipinski definition) is 8. The SMILES string of the molecule is COc1cccc(N2CCCN(c3nc(C)ns3)CC2)c1[N+](=O)[O-]. The number of nitro benzene ring substituents is 1. The van der Waals surface area contributed by atoms with Crippen LogP contribution in [0.5, 0.6) is 5.75 Å². The average molecular weight is 349 g/mol. The molecule has 1 fully saturated rings. The van der Waals surface area contributed by atoms with Crippen LogP contribution in [0.15, 0.2) is 18.2 Å². The van der Waals surface area contributed by atoms with Crippen LogP contribution in [0.2, 0.25) is 0 Å². The van der Waals surface area contributed by atoms with Crippen LogP contribution in [0.4, 0.5) is 16.5 Å². The number of aryl methyl sites for hydroxylation is 1. The molecule has 2 aromatic rings. The Labute approximate surface area is 144 Å². The monoisotopic (exact) mass is 349 g/mol. The lowest BCUT2D eigenvalue weighted by Gasteiger charge is -2.23. The molecule has 0 saturated carbocycles. The summed E-state index contributed by atoms with van der Waals surface area (Å²) in [7, 11) is 1.45. The second kappa shape index (κ2) is 7.00. The molecule has 2 heterocycles. The van der Waals surface area contributed by atoms with Crippen LogP contribution in [0.3, 0.4) is 0 Å². The maximum atomic E-state index is 11.5. The smallest absolute Gasteiger partial charge is 0.333 e. The molecular weight excluding hydrogens is 330 g/mol. The molecule has 0 atom stereocenters. The molecule has 1 aliphatic heterocycles. The maximum absolute atomic E-state index is 11.5. The van der Waals surface area contributed by atoms with Gasteiger partial charge in [-0.1, -0.05) is 6.07 Å². The van der Waals surface area contributed by atoms with Gasteiger partial charge in [0.15, 0.2) is 5.75 Å². The van der Waals surface area contributed by atoms with Crippen LogP contribution in [0.1, 0.15) is 12.2 Å². The Balaban J connectivity index is 1.83. The van der Waals surface area contributed by atoms with Gasteiger partial charge in [-0.2, -0.15) is 4.37 Å². The lowest BCUT2D eigenvalue weighted by atomic mass is 10.2. The molecule has 8 nitrogen and oxygen atoms in total. The molecule has 3 rings (SSSR count). The normalized spacial score (nSPS) is 15.2. The molecule has 0 radical (unpaired) electrons. The molecule has 9 heteroatoms. The molecule has 1 aliphatic rings. The Kier molecular flexibility index (Phi) is 4.79. The minimum absolute atomic E-state index is 0.0280. The number of aromatic nitrogens is 2. The van der Waals surface area contributed by atoms with Gasteiger partial charge < -0.3 is 14.5 Å². The molecule has 1 aromatic carbocycles. The van der Waals surface area contributed by atoms with Gasteiger partial charge in [-0.15, -0.1) is 0 Å². The molecule has 0 N–H and O–H groups in total. The van der Waals surface area contributed by atoms with Gasteiger partial charge in [0.1, 0.15) is 11.5 Å². The van der Waals surface area contributed by atoms with Crippen molar-refractivity contribution in [1.82, 2.24) is 9.36 Å². The van der Waals surface area contributed by atoms with Crippen molar-refractivity contribution in [3.8, 4) is 5.75 Å². The predicted molar refractivity (Wildman–Crippen MR) is 93.3 cm³/mol. The van der Waals surface area contributed by atoms with E-state index < -0.39 is 0 Å². The first-order valence-electron chi connectivity index (χ1n) is 7.71. The van der Waals surface area contributed by atoms with E-state index in [-0.39, 0.29) is 10.6 Å². The number of methoxy groups -OCH3 is 1. The predicted octanol–water partition coefficient (Wildman–Crippen LogP) is 2.48. The van der Waals surface area contributed by atoms with Gasteiger partial charge in [-0.3, -0.25) is 10.1 Å². The first kappa shape index (κ1) is 16.4. The second-order valence-electron chi connectivity index (χ2n) is 5.54. The summed E-state index contributed by atoms with van der Waals surface area (Å²) >= 11 is 1.39. The topological polar surface area (TPSA) is 84.6 Å². The summed E-state index contributed by atoms with van der Waals surface area (Å²) in [5.41, 5.74) is 0.634. The standard InChI is InChI=1S/C15H19N5O3S/c1-11-16-15(24-17-11)19-8-4-7-18(9-10-19)12-5-3-6-13(23-2)14(12)20(21)22/h3,5-6H,4,7-10H2,1-2H3. The van der Waals surface area contributed by atoms with Crippen molar-refractivity contribution in [2.24, 2.45) is 0 Å². The van der Waals surface area contributed by atoms with Crippen molar-refractivity contribution >= 4 is 28.0 Å². The van der Waals surface area contributed by atoms with E-state index in [9.17, 15) is 10.1 Å². The fourth-order valence-electron chi connectivity index (χ4n) is 2.88. The van der Waals surface area contributed by atoms with Gasteiger partial charge in [0.2, 0.25) is 5.13 Å². The number of hydrogen-bond donors (Lipinski definition) is 0. The third-order valence-electron chi connectivity index (χ3n) is 4.00. The molecule has 0 bridgehead atoms. The highest BCUT2D eigenvalue weighted by molar-refractivity contribution is 7.09. The molecular formula is C15H19N5O3S. The number of nitro groups is 1. The van der Waals surface area contributed by atoms with Gasteiger partial charge >= 0.3 is 5.69 Å².